The van der Waals surface area contributed by atoms with E-state index in [-0.39, 0.29) is 24.1 Å². The van der Waals surface area contributed by atoms with Crippen LogP contribution < -0.4 is 20.3 Å². The fourth-order valence-electron chi connectivity index (χ4n) is 4.52. The minimum atomic E-state index is -0.858. The molecule has 2 N–H and O–H groups in total. The zero-order valence-electron chi connectivity index (χ0n) is 18.7. The second kappa shape index (κ2) is 10.6. The van der Waals surface area contributed by atoms with Crippen LogP contribution in [0, 0.1) is 5.92 Å². The number of carbonyl (C=O) groups excluding carboxylic acids is 3. The van der Waals surface area contributed by atoms with Gasteiger partial charge in [0.1, 0.15) is 11.3 Å². The van der Waals surface area contributed by atoms with Crippen LogP contribution in [0.2, 0.25) is 0 Å². The second-order valence-electron chi connectivity index (χ2n) is 8.55. The van der Waals surface area contributed by atoms with Crippen molar-refractivity contribution in [1.82, 2.24) is 10.6 Å². The van der Waals surface area contributed by atoms with Gasteiger partial charge in [0.2, 0.25) is 17.7 Å². The lowest BCUT2D eigenvalue weighted by molar-refractivity contribution is -0.136. The summed E-state index contributed by atoms with van der Waals surface area (Å²) in [5, 5.41) is 6.08. The van der Waals surface area contributed by atoms with Gasteiger partial charge in [0.25, 0.3) is 0 Å². The minimum Gasteiger partial charge on any atom is -0.492 e. The van der Waals surface area contributed by atoms with Crippen molar-refractivity contribution in [1.29, 1.82) is 0 Å². The molecule has 1 aliphatic carbocycles. The molecule has 2 aliphatic rings. The van der Waals surface area contributed by atoms with Crippen molar-refractivity contribution in [2.45, 2.75) is 70.8 Å². The Hall–Kier alpha value is -2.57. The summed E-state index contributed by atoms with van der Waals surface area (Å²) in [6.07, 6.45) is 6.26. The lowest BCUT2D eigenvalue weighted by Crippen LogP contribution is -2.61. The number of para-hydroxylation sites is 2. The smallest absolute Gasteiger partial charge is 0.245 e. The Morgan fingerprint density at radius 2 is 1.90 bits per heavy atom. The van der Waals surface area contributed by atoms with Crippen LogP contribution in [0.3, 0.4) is 0 Å². The van der Waals surface area contributed by atoms with E-state index >= 15 is 0 Å². The van der Waals surface area contributed by atoms with Crippen LogP contribution in [0.15, 0.2) is 24.3 Å². The first kappa shape index (κ1) is 23.1. The van der Waals surface area contributed by atoms with Gasteiger partial charge in [-0.2, -0.15) is 0 Å². The number of nitrogens with zero attached hydrogens (tertiary/aromatic N) is 1. The average molecular weight is 430 g/mol. The van der Waals surface area contributed by atoms with Gasteiger partial charge in [-0.15, -0.1) is 0 Å². The summed E-state index contributed by atoms with van der Waals surface area (Å²) < 4.78 is 5.66. The van der Waals surface area contributed by atoms with Crippen molar-refractivity contribution in [3.63, 3.8) is 0 Å². The van der Waals surface area contributed by atoms with Gasteiger partial charge in [-0.3, -0.25) is 14.4 Å². The van der Waals surface area contributed by atoms with E-state index in [1.165, 1.54) is 0 Å². The lowest BCUT2D eigenvalue weighted by Gasteiger charge is -2.37. The first-order valence-corrected chi connectivity index (χ1v) is 11.6. The summed E-state index contributed by atoms with van der Waals surface area (Å²) in [5.74, 6) is -0.241. The Labute approximate surface area is 184 Å². The zero-order valence-corrected chi connectivity index (χ0v) is 18.7. The Bertz CT molecular complexity index is 789. The maximum Gasteiger partial charge on any atom is 0.245 e. The quantitative estimate of drug-likeness (QED) is 0.590. The lowest BCUT2D eigenvalue weighted by atomic mass is 9.80. The van der Waals surface area contributed by atoms with Gasteiger partial charge in [-0.25, -0.2) is 0 Å². The molecule has 0 spiro atoms. The molecule has 0 bridgehead atoms. The third kappa shape index (κ3) is 5.38. The number of anilines is 1. The third-order valence-electron chi connectivity index (χ3n) is 6.27. The van der Waals surface area contributed by atoms with Crippen LogP contribution >= 0.6 is 0 Å². The molecule has 7 heteroatoms. The Kier molecular flexibility index (Phi) is 7.93. The number of carbonyl (C=O) groups is 3. The number of amides is 3. The molecule has 1 aromatic rings. The van der Waals surface area contributed by atoms with E-state index in [0.717, 1.165) is 32.1 Å². The minimum absolute atomic E-state index is 0.0862. The predicted molar refractivity (Wildman–Crippen MR) is 120 cm³/mol. The normalized spacial score (nSPS) is 20.4. The van der Waals surface area contributed by atoms with Crippen molar-refractivity contribution in [2.75, 3.05) is 24.6 Å². The topological polar surface area (TPSA) is 87.7 Å². The predicted octanol–water partition coefficient (Wildman–Crippen LogP) is 3.17. The molecule has 1 heterocycles. The monoisotopic (exact) mass is 429 g/mol. The molecule has 1 saturated heterocycles. The zero-order chi connectivity index (χ0) is 22.3. The van der Waals surface area contributed by atoms with Crippen LogP contribution in [0.4, 0.5) is 5.69 Å². The van der Waals surface area contributed by atoms with Gasteiger partial charge in [0.05, 0.1) is 18.2 Å². The molecule has 31 heavy (non-hydrogen) atoms. The van der Waals surface area contributed by atoms with E-state index in [2.05, 4.69) is 17.6 Å². The molecule has 3 rings (SSSR count). The molecular formula is C24H35N3O4. The van der Waals surface area contributed by atoms with Gasteiger partial charge in [0, 0.05) is 19.5 Å². The molecule has 2 fully saturated rings. The highest BCUT2D eigenvalue weighted by Crippen LogP contribution is 2.34. The molecule has 0 aromatic heterocycles. The van der Waals surface area contributed by atoms with Crippen LogP contribution in [-0.4, -0.2) is 43.0 Å². The maximum atomic E-state index is 13.2. The van der Waals surface area contributed by atoms with Crippen LogP contribution in [0.5, 0.6) is 5.75 Å². The highest BCUT2D eigenvalue weighted by Gasteiger charge is 2.44. The number of nitrogens with one attached hydrogen (secondary N) is 2. The van der Waals surface area contributed by atoms with E-state index in [1.54, 1.807) is 4.90 Å². The fourth-order valence-corrected chi connectivity index (χ4v) is 4.52. The van der Waals surface area contributed by atoms with E-state index in [9.17, 15) is 14.4 Å². The highest BCUT2D eigenvalue weighted by atomic mass is 16.5. The molecule has 1 aromatic carbocycles. The van der Waals surface area contributed by atoms with E-state index < -0.39 is 11.5 Å². The van der Waals surface area contributed by atoms with E-state index in [0.29, 0.717) is 44.0 Å². The summed E-state index contributed by atoms with van der Waals surface area (Å²) in [6.45, 7) is 5.39. The number of rotatable bonds is 9. The van der Waals surface area contributed by atoms with Crippen molar-refractivity contribution in [3.8, 4) is 5.75 Å². The summed E-state index contributed by atoms with van der Waals surface area (Å²) >= 11 is 0. The fraction of sp³-hybridized carbons (Fsp3) is 0.625. The summed E-state index contributed by atoms with van der Waals surface area (Å²) in [6, 6.07) is 7.39. The molecule has 1 unspecified atom stereocenters. The molecule has 1 saturated carbocycles. The first-order valence-electron chi connectivity index (χ1n) is 11.6. The van der Waals surface area contributed by atoms with Crippen LogP contribution in [-0.2, 0) is 14.4 Å². The molecule has 0 radical (unpaired) electrons. The Balaban J connectivity index is 1.70. The summed E-state index contributed by atoms with van der Waals surface area (Å²) in [4.78, 5) is 40.5. The van der Waals surface area contributed by atoms with Gasteiger partial charge in [0.15, 0.2) is 0 Å². The largest absolute Gasteiger partial charge is 0.492 e. The molecule has 3 amide bonds. The van der Waals surface area contributed by atoms with Crippen LogP contribution in [0.25, 0.3) is 0 Å². The number of unbranched alkanes of at least 4 members (excludes halogenated alkanes) is 1. The number of hydrogen-bond acceptors (Lipinski definition) is 4. The molecule has 170 valence electrons. The van der Waals surface area contributed by atoms with Gasteiger partial charge in [-0.05, 0) is 38.3 Å². The SMILES string of the molecule is CCCCNC(=O)C1(NC(=O)C2CC(=O)N(c3ccccc3OCC)C2)CCCCC1. The number of ether oxygens (including phenoxy) is 1. The highest BCUT2D eigenvalue weighted by molar-refractivity contribution is 6.02. The van der Waals surface area contributed by atoms with Gasteiger partial charge < -0.3 is 20.3 Å². The molecule has 7 nitrogen and oxygen atoms in total. The van der Waals surface area contributed by atoms with Gasteiger partial charge in [-0.1, -0.05) is 44.7 Å². The third-order valence-corrected chi connectivity index (χ3v) is 6.27. The number of benzene rings is 1. The summed E-state index contributed by atoms with van der Waals surface area (Å²) in [7, 11) is 0. The summed E-state index contributed by atoms with van der Waals surface area (Å²) in [5.41, 5.74) is -0.169. The van der Waals surface area contributed by atoms with Crippen molar-refractivity contribution in [2.24, 2.45) is 5.92 Å². The van der Waals surface area contributed by atoms with Gasteiger partial charge >= 0.3 is 0 Å². The van der Waals surface area contributed by atoms with Crippen molar-refractivity contribution >= 4 is 23.4 Å². The van der Waals surface area contributed by atoms with E-state index in [4.69, 9.17) is 4.74 Å². The number of hydrogen-bond donors (Lipinski definition) is 2. The molecule has 1 aliphatic heterocycles. The van der Waals surface area contributed by atoms with Crippen molar-refractivity contribution in [3.05, 3.63) is 24.3 Å². The Morgan fingerprint density at radius 1 is 1.16 bits per heavy atom. The maximum absolute atomic E-state index is 13.2. The standard InChI is InChI=1S/C24H35N3O4/c1-3-5-15-25-23(30)24(13-9-6-10-14-24)26-22(29)18-16-21(28)27(17-18)19-11-7-8-12-20(19)31-4-2/h7-8,11-12,18H,3-6,9-10,13-17H2,1-2H3,(H,25,30)(H,26,29). The first-order chi connectivity index (χ1) is 15.0. The second-order valence-corrected chi connectivity index (χ2v) is 8.55. The van der Waals surface area contributed by atoms with Crippen molar-refractivity contribution < 1.29 is 19.1 Å². The average Bonchev–Trinajstić information content (AvgIpc) is 3.17. The van der Waals surface area contributed by atoms with E-state index in [1.807, 2.05) is 31.2 Å². The molecule has 1 atom stereocenters. The molecular weight excluding hydrogens is 394 g/mol. The Morgan fingerprint density at radius 3 is 2.61 bits per heavy atom. The van der Waals surface area contributed by atoms with Crippen LogP contribution in [0.1, 0.15) is 65.2 Å².